The molecule has 3 fully saturated rings. The molecule has 2 heteroatoms. The maximum Gasteiger partial charge on any atom is 0.0224 e. The average molecular weight is 258 g/mol. The van der Waals surface area contributed by atoms with Gasteiger partial charge >= 0.3 is 0 Å². The molecule has 4 rings (SSSR count). The quantitative estimate of drug-likeness (QED) is 0.873. The highest BCUT2D eigenvalue weighted by atomic mass is 15.2. The van der Waals surface area contributed by atoms with Crippen LogP contribution >= 0.6 is 0 Å². The van der Waals surface area contributed by atoms with Crippen LogP contribution in [-0.2, 0) is 0 Å². The van der Waals surface area contributed by atoms with Gasteiger partial charge < -0.3 is 10.2 Å². The highest BCUT2D eigenvalue weighted by Crippen LogP contribution is 2.27. The number of benzene rings is 1. The molecule has 19 heavy (non-hydrogen) atoms. The van der Waals surface area contributed by atoms with Crippen molar-refractivity contribution in [1.29, 1.82) is 0 Å². The first-order valence-electron chi connectivity index (χ1n) is 7.83. The first-order chi connectivity index (χ1) is 9.33. The van der Waals surface area contributed by atoms with Gasteiger partial charge in [0.25, 0.3) is 0 Å². The van der Waals surface area contributed by atoms with Crippen molar-refractivity contribution in [3.63, 3.8) is 0 Å². The lowest BCUT2D eigenvalue weighted by atomic mass is 9.84. The lowest BCUT2D eigenvalue weighted by molar-refractivity contribution is 0.0726. The molecule has 3 saturated heterocycles. The standard InChI is InChI=1S/C17H26N2/c1-14(15-5-3-2-4-6-15)7-10-18-17-13-19-11-8-16(17)9-12-19/h2-6,14,16-18H,7-13H2,1H3. The minimum atomic E-state index is 0.662. The molecule has 0 saturated carbocycles. The summed E-state index contributed by atoms with van der Waals surface area (Å²) in [5.41, 5.74) is 1.47. The van der Waals surface area contributed by atoms with E-state index in [0.29, 0.717) is 5.92 Å². The number of nitrogens with zero attached hydrogens (tertiary/aromatic N) is 1. The lowest BCUT2D eigenvalue weighted by Gasteiger charge is -2.45. The van der Waals surface area contributed by atoms with Crippen LogP contribution in [0.2, 0.25) is 0 Å². The van der Waals surface area contributed by atoms with Crippen LogP contribution in [0, 0.1) is 5.92 Å². The second kappa shape index (κ2) is 6.06. The van der Waals surface area contributed by atoms with E-state index >= 15 is 0 Å². The molecular formula is C17H26N2. The van der Waals surface area contributed by atoms with Gasteiger partial charge in [-0.3, -0.25) is 0 Å². The van der Waals surface area contributed by atoms with Crippen molar-refractivity contribution >= 4 is 0 Å². The van der Waals surface area contributed by atoms with Crippen molar-refractivity contribution in [3.8, 4) is 0 Å². The van der Waals surface area contributed by atoms with Crippen molar-refractivity contribution in [1.82, 2.24) is 10.2 Å². The van der Waals surface area contributed by atoms with E-state index in [1.165, 1.54) is 44.5 Å². The van der Waals surface area contributed by atoms with E-state index in [-0.39, 0.29) is 0 Å². The summed E-state index contributed by atoms with van der Waals surface area (Å²) in [5.74, 6) is 1.60. The Labute approximate surface area is 117 Å². The van der Waals surface area contributed by atoms with Crippen LogP contribution in [0.25, 0.3) is 0 Å². The van der Waals surface area contributed by atoms with Gasteiger partial charge in [-0.1, -0.05) is 37.3 Å². The predicted octanol–water partition coefficient (Wildman–Crippen LogP) is 2.86. The molecule has 3 aliphatic heterocycles. The van der Waals surface area contributed by atoms with E-state index in [2.05, 4.69) is 47.5 Å². The molecular weight excluding hydrogens is 232 g/mol. The van der Waals surface area contributed by atoms with E-state index in [1.54, 1.807) is 0 Å². The number of hydrogen-bond acceptors (Lipinski definition) is 2. The first-order valence-corrected chi connectivity index (χ1v) is 7.83. The van der Waals surface area contributed by atoms with Crippen LogP contribution in [0.15, 0.2) is 30.3 Å². The molecule has 2 unspecified atom stereocenters. The summed E-state index contributed by atoms with van der Waals surface area (Å²) in [6.07, 6.45) is 4.06. The predicted molar refractivity (Wildman–Crippen MR) is 80.4 cm³/mol. The Kier molecular flexibility index (Phi) is 4.19. The highest BCUT2D eigenvalue weighted by Gasteiger charge is 2.33. The molecule has 2 bridgehead atoms. The zero-order chi connectivity index (χ0) is 13.1. The third kappa shape index (κ3) is 3.18. The van der Waals surface area contributed by atoms with Gasteiger partial charge in [0.1, 0.15) is 0 Å². The zero-order valence-electron chi connectivity index (χ0n) is 12.0. The second-order valence-electron chi connectivity index (χ2n) is 6.30. The van der Waals surface area contributed by atoms with Crippen LogP contribution in [0.3, 0.4) is 0 Å². The molecule has 0 radical (unpaired) electrons. The molecule has 0 aromatic heterocycles. The number of piperidine rings is 3. The SMILES string of the molecule is CC(CCNC1CN2CCC1CC2)c1ccccc1. The summed E-state index contributed by atoms with van der Waals surface area (Å²) < 4.78 is 0. The fourth-order valence-electron chi connectivity index (χ4n) is 3.63. The number of hydrogen-bond donors (Lipinski definition) is 1. The van der Waals surface area contributed by atoms with Crippen molar-refractivity contribution in [3.05, 3.63) is 35.9 Å². The Hall–Kier alpha value is -0.860. The molecule has 0 spiro atoms. The van der Waals surface area contributed by atoms with E-state index in [4.69, 9.17) is 0 Å². The van der Waals surface area contributed by atoms with Crippen molar-refractivity contribution in [2.24, 2.45) is 5.92 Å². The molecule has 2 atom stereocenters. The third-order valence-corrected chi connectivity index (χ3v) is 5.01. The number of nitrogens with one attached hydrogen (secondary N) is 1. The largest absolute Gasteiger partial charge is 0.312 e. The van der Waals surface area contributed by atoms with Crippen LogP contribution in [0.4, 0.5) is 0 Å². The van der Waals surface area contributed by atoms with Gasteiger partial charge in [0.15, 0.2) is 0 Å². The number of rotatable bonds is 5. The molecule has 1 aromatic rings. The van der Waals surface area contributed by atoms with E-state index < -0.39 is 0 Å². The second-order valence-corrected chi connectivity index (χ2v) is 6.30. The molecule has 1 aromatic carbocycles. The van der Waals surface area contributed by atoms with Gasteiger partial charge in [-0.15, -0.1) is 0 Å². The van der Waals surface area contributed by atoms with Crippen molar-refractivity contribution in [2.75, 3.05) is 26.2 Å². The van der Waals surface area contributed by atoms with E-state index in [0.717, 1.165) is 18.5 Å². The van der Waals surface area contributed by atoms with E-state index in [1.807, 2.05) is 0 Å². The smallest absolute Gasteiger partial charge is 0.0224 e. The van der Waals surface area contributed by atoms with Gasteiger partial charge in [-0.25, -0.2) is 0 Å². The monoisotopic (exact) mass is 258 g/mol. The van der Waals surface area contributed by atoms with Crippen molar-refractivity contribution < 1.29 is 0 Å². The Morgan fingerprint density at radius 1 is 1.21 bits per heavy atom. The lowest BCUT2D eigenvalue weighted by Crippen LogP contribution is -2.56. The summed E-state index contributed by atoms with van der Waals surface area (Å²) in [6.45, 7) is 7.45. The number of fused-ring (bicyclic) bond motifs is 3. The summed E-state index contributed by atoms with van der Waals surface area (Å²) in [4.78, 5) is 2.62. The van der Waals surface area contributed by atoms with Crippen LogP contribution < -0.4 is 5.32 Å². The summed E-state index contributed by atoms with van der Waals surface area (Å²) in [6, 6.07) is 11.6. The molecule has 104 valence electrons. The van der Waals surface area contributed by atoms with Gasteiger partial charge in [0, 0.05) is 12.6 Å². The summed E-state index contributed by atoms with van der Waals surface area (Å²) in [7, 11) is 0. The zero-order valence-corrected chi connectivity index (χ0v) is 12.0. The summed E-state index contributed by atoms with van der Waals surface area (Å²) in [5, 5.41) is 3.81. The van der Waals surface area contributed by atoms with Gasteiger partial charge in [-0.2, -0.15) is 0 Å². The fourth-order valence-corrected chi connectivity index (χ4v) is 3.63. The van der Waals surface area contributed by atoms with Gasteiger partial charge in [-0.05, 0) is 56.3 Å². The van der Waals surface area contributed by atoms with Crippen LogP contribution in [0.5, 0.6) is 0 Å². The molecule has 2 nitrogen and oxygen atoms in total. The minimum absolute atomic E-state index is 0.662. The van der Waals surface area contributed by atoms with Crippen LogP contribution in [0.1, 0.15) is 37.7 Å². The van der Waals surface area contributed by atoms with Crippen LogP contribution in [-0.4, -0.2) is 37.1 Å². The summed E-state index contributed by atoms with van der Waals surface area (Å²) >= 11 is 0. The van der Waals surface area contributed by atoms with Gasteiger partial charge in [0.05, 0.1) is 0 Å². The first kappa shape index (κ1) is 13.1. The van der Waals surface area contributed by atoms with Crippen molar-refractivity contribution in [2.45, 2.75) is 38.1 Å². The molecule has 0 aliphatic carbocycles. The Morgan fingerprint density at radius 2 is 1.95 bits per heavy atom. The van der Waals surface area contributed by atoms with E-state index in [9.17, 15) is 0 Å². The molecule has 3 aliphatic rings. The third-order valence-electron chi connectivity index (χ3n) is 5.01. The average Bonchev–Trinajstić information content (AvgIpc) is 2.49. The maximum absolute atomic E-state index is 3.81. The Morgan fingerprint density at radius 3 is 2.58 bits per heavy atom. The highest BCUT2D eigenvalue weighted by molar-refractivity contribution is 5.18. The molecule has 3 heterocycles. The Bertz CT molecular complexity index is 382. The maximum atomic E-state index is 3.81. The normalized spacial score (nSPS) is 31.3. The molecule has 1 N–H and O–H groups in total. The van der Waals surface area contributed by atoms with Gasteiger partial charge in [0.2, 0.25) is 0 Å². The fraction of sp³-hybridized carbons (Fsp3) is 0.647. The molecule has 0 amide bonds. The Balaban J connectivity index is 1.43. The minimum Gasteiger partial charge on any atom is -0.312 e. The topological polar surface area (TPSA) is 15.3 Å².